The Bertz CT molecular complexity index is 403. The van der Waals surface area contributed by atoms with Crippen molar-refractivity contribution in [2.45, 2.75) is 6.42 Å². The highest BCUT2D eigenvalue weighted by Gasteiger charge is 2.02. The molecule has 4 heteroatoms. The zero-order valence-electron chi connectivity index (χ0n) is 9.75. The Balaban J connectivity index is 2.29. The summed E-state index contributed by atoms with van der Waals surface area (Å²) in [5.74, 6) is 3.49. The van der Waals surface area contributed by atoms with Crippen molar-refractivity contribution in [3.05, 3.63) is 26.8 Å². The average molecular weight is 364 g/mol. The van der Waals surface area contributed by atoms with E-state index in [1.165, 1.54) is 0 Å². The molecule has 1 aromatic carbocycles. The summed E-state index contributed by atoms with van der Waals surface area (Å²) in [6.45, 7) is 2.30. The molecule has 0 radical (unpaired) electrons. The number of hydrogen-bond donors (Lipinski definition) is 0. The van der Waals surface area contributed by atoms with Crippen LogP contribution in [0, 0.1) is 15.9 Å². The van der Waals surface area contributed by atoms with Gasteiger partial charge in [0.1, 0.15) is 5.75 Å². The first-order valence-electron chi connectivity index (χ1n) is 5.33. The van der Waals surface area contributed by atoms with E-state index in [-0.39, 0.29) is 0 Å². The zero-order valence-corrected chi connectivity index (χ0v) is 12.7. The van der Waals surface area contributed by atoms with Gasteiger partial charge < -0.3 is 4.74 Å². The van der Waals surface area contributed by atoms with Gasteiger partial charge in [-0.15, -0.1) is 6.42 Å². The summed E-state index contributed by atoms with van der Waals surface area (Å²) >= 11 is 8.09. The minimum absolute atomic E-state index is 0.679. The molecule has 0 unspecified atom stereocenters. The molecule has 0 fully saturated rings. The summed E-state index contributed by atoms with van der Waals surface area (Å²) in [4.78, 5) is 2.09. The molecule has 0 atom stereocenters. The van der Waals surface area contributed by atoms with Crippen molar-refractivity contribution >= 4 is 34.2 Å². The van der Waals surface area contributed by atoms with Crippen molar-refractivity contribution in [1.29, 1.82) is 0 Å². The Kier molecular flexibility index (Phi) is 6.71. The van der Waals surface area contributed by atoms with E-state index in [1.807, 2.05) is 25.2 Å². The summed E-state index contributed by atoms with van der Waals surface area (Å²) in [6.07, 6.45) is 6.18. The standard InChI is InChI=1S/C13H15ClINO/c1-3-7-16(2)8-4-9-17-13-6-5-11(14)10-12(13)15/h1,5-6,10H,4,7-9H2,2H3. The van der Waals surface area contributed by atoms with E-state index in [2.05, 4.69) is 33.4 Å². The fraction of sp³-hybridized carbons (Fsp3) is 0.385. The fourth-order valence-corrected chi connectivity index (χ4v) is 2.37. The molecule has 0 spiro atoms. The second kappa shape index (κ2) is 7.80. The van der Waals surface area contributed by atoms with Gasteiger partial charge in [-0.1, -0.05) is 17.5 Å². The molecule has 0 aliphatic carbocycles. The molecule has 1 aromatic rings. The number of rotatable bonds is 6. The Hall–Kier alpha value is -0.440. The summed E-state index contributed by atoms with van der Waals surface area (Å²) in [7, 11) is 2.01. The molecular formula is C13H15ClINO. The number of terminal acetylenes is 1. The van der Waals surface area contributed by atoms with Gasteiger partial charge in [0.2, 0.25) is 0 Å². The van der Waals surface area contributed by atoms with E-state index in [0.717, 1.165) is 27.3 Å². The Morgan fingerprint density at radius 1 is 1.53 bits per heavy atom. The van der Waals surface area contributed by atoms with Crippen molar-refractivity contribution in [2.24, 2.45) is 0 Å². The number of ether oxygens (including phenoxy) is 1. The van der Waals surface area contributed by atoms with Gasteiger partial charge in [0.15, 0.2) is 0 Å². The smallest absolute Gasteiger partial charge is 0.132 e. The minimum atomic E-state index is 0.679. The van der Waals surface area contributed by atoms with Crippen LogP contribution in [0.4, 0.5) is 0 Å². The van der Waals surface area contributed by atoms with Crippen LogP contribution in [0.2, 0.25) is 5.02 Å². The molecule has 0 heterocycles. The van der Waals surface area contributed by atoms with Crippen molar-refractivity contribution in [1.82, 2.24) is 4.90 Å². The van der Waals surface area contributed by atoms with Crippen LogP contribution in [0.15, 0.2) is 18.2 Å². The lowest BCUT2D eigenvalue weighted by molar-refractivity contribution is 0.273. The second-order valence-electron chi connectivity index (χ2n) is 3.72. The van der Waals surface area contributed by atoms with Crippen LogP contribution in [0.25, 0.3) is 0 Å². The number of benzene rings is 1. The van der Waals surface area contributed by atoms with Gasteiger partial charge in [-0.05, 0) is 54.3 Å². The molecule has 0 N–H and O–H groups in total. The quantitative estimate of drug-likeness (QED) is 0.437. The van der Waals surface area contributed by atoms with Crippen LogP contribution in [0.1, 0.15) is 6.42 Å². The van der Waals surface area contributed by atoms with Crippen LogP contribution < -0.4 is 4.74 Å². The maximum absolute atomic E-state index is 5.87. The first-order chi connectivity index (χ1) is 8.13. The predicted octanol–water partition coefficient (Wildman–Crippen LogP) is 3.28. The lowest BCUT2D eigenvalue weighted by Crippen LogP contribution is -2.21. The van der Waals surface area contributed by atoms with Crippen molar-refractivity contribution in [2.75, 3.05) is 26.7 Å². The first-order valence-corrected chi connectivity index (χ1v) is 6.79. The van der Waals surface area contributed by atoms with Gasteiger partial charge in [0.25, 0.3) is 0 Å². The van der Waals surface area contributed by atoms with E-state index in [4.69, 9.17) is 22.8 Å². The summed E-state index contributed by atoms with van der Waals surface area (Å²) in [5.41, 5.74) is 0. The van der Waals surface area contributed by atoms with E-state index in [0.29, 0.717) is 13.2 Å². The van der Waals surface area contributed by atoms with Gasteiger partial charge in [-0.2, -0.15) is 0 Å². The highest BCUT2D eigenvalue weighted by atomic mass is 127. The van der Waals surface area contributed by atoms with Crippen molar-refractivity contribution in [3.63, 3.8) is 0 Å². The third kappa shape index (κ3) is 5.62. The topological polar surface area (TPSA) is 12.5 Å². The van der Waals surface area contributed by atoms with E-state index in [1.54, 1.807) is 0 Å². The van der Waals surface area contributed by atoms with Gasteiger partial charge in [0, 0.05) is 11.6 Å². The summed E-state index contributed by atoms with van der Waals surface area (Å²) in [5, 5.41) is 0.732. The molecule has 1 rings (SSSR count). The molecule has 0 aromatic heterocycles. The van der Waals surface area contributed by atoms with Gasteiger partial charge in [-0.3, -0.25) is 4.90 Å². The third-order valence-corrected chi connectivity index (χ3v) is 3.27. The van der Waals surface area contributed by atoms with Crippen LogP contribution in [-0.4, -0.2) is 31.6 Å². The first kappa shape index (κ1) is 14.6. The minimum Gasteiger partial charge on any atom is -0.492 e. The van der Waals surface area contributed by atoms with Gasteiger partial charge in [-0.25, -0.2) is 0 Å². The van der Waals surface area contributed by atoms with E-state index in [9.17, 15) is 0 Å². The SMILES string of the molecule is C#CCN(C)CCCOc1ccc(Cl)cc1I. The van der Waals surface area contributed by atoms with E-state index >= 15 is 0 Å². The van der Waals surface area contributed by atoms with Crippen LogP contribution >= 0.6 is 34.2 Å². The maximum Gasteiger partial charge on any atom is 0.132 e. The van der Waals surface area contributed by atoms with Crippen LogP contribution in [0.5, 0.6) is 5.75 Å². The molecule has 0 saturated heterocycles. The monoisotopic (exact) mass is 363 g/mol. The highest BCUT2D eigenvalue weighted by molar-refractivity contribution is 14.1. The highest BCUT2D eigenvalue weighted by Crippen LogP contribution is 2.24. The van der Waals surface area contributed by atoms with Crippen LogP contribution in [-0.2, 0) is 0 Å². The molecule has 0 amide bonds. The number of nitrogens with zero attached hydrogens (tertiary/aromatic N) is 1. The Labute approximate surface area is 121 Å². The van der Waals surface area contributed by atoms with Crippen LogP contribution in [0.3, 0.4) is 0 Å². The normalized spacial score (nSPS) is 10.3. The Morgan fingerprint density at radius 3 is 2.94 bits per heavy atom. The maximum atomic E-state index is 5.87. The summed E-state index contributed by atoms with van der Waals surface area (Å²) < 4.78 is 6.71. The number of halogens is 2. The third-order valence-electron chi connectivity index (χ3n) is 2.20. The molecule has 0 saturated carbocycles. The molecular weight excluding hydrogens is 349 g/mol. The number of hydrogen-bond acceptors (Lipinski definition) is 2. The average Bonchev–Trinajstić information content (AvgIpc) is 2.27. The molecule has 0 aliphatic heterocycles. The Morgan fingerprint density at radius 2 is 2.29 bits per heavy atom. The lowest BCUT2D eigenvalue weighted by Gasteiger charge is -2.13. The summed E-state index contributed by atoms with van der Waals surface area (Å²) in [6, 6.07) is 5.63. The fourth-order valence-electron chi connectivity index (χ4n) is 1.34. The largest absolute Gasteiger partial charge is 0.492 e. The van der Waals surface area contributed by atoms with Gasteiger partial charge in [0.05, 0.1) is 16.7 Å². The zero-order chi connectivity index (χ0) is 12.7. The predicted molar refractivity (Wildman–Crippen MR) is 80.6 cm³/mol. The molecule has 0 bridgehead atoms. The van der Waals surface area contributed by atoms with Crippen molar-refractivity contribution in [3.8, 4) is 18.1 Å². The molecule has 0 aliphatic rings. The molecule has 92 valence electrons. The second-order valence-corrected chi connectivity index (χ2v) is 5.32. The van der Waals surface area contributed by atoms with Gasteiger partial charge >= 0.3 is 0 Å². The van der Waals surface area contributed by atoms with Crippen molar-refractivity contribution < 1.29 is 4.74 Å². The molecule has 17 heavy (non-hydrogen) atoms. The van der Waals surface area contributed by atoms with E-state index < -0.39 is 0 Å². The lowest BCUT2D eigenvalue weighted by atomic mass is 10.3. The molecule has 2 nitrogen and oxygen atoms in total.